The molecule has 0 saturated heterocycles. The zero-order valence-corrected chi connectivity index (χ0v) is 18.6. The third kappa shape index (κ3) is 5.23. The van der Waals surface area contributed by atoms with Crippen LogP contribution in [0.5, 0.6) is 0 Å². The largest absolute Gasteiger partial charge is 0.372 e. The number of ether oxygens (including phenoxy) is 1. The van der Waals surface area contributed by atoms with Gasteiger partial charge in [-0.3, -0.25) is 0 Å². The van der Waals surface area contributed by atoms with Crippen molar-refractivity contribution in [1.82, 2.24) is 0 Å². The summed E-state index contributed by atoms with van der Waals surface area (Å²) in [5, 5.41) is 0. The molecular weight excluding hydrogens is 328 g/mol. The molecule has 0 saturated carbocycles. The van der Waals surface area contributed by atoms with E-state index in [9.17, 15) is 0 Å². The molecule has 0 aliphatic rings. The molecule has 0 spiro atoms. The predicted octanol–water partition coefficient (Wildman–Crippen LogP) is 7.90. The summed E-state index contributed by atoms with van der Waals surface area (Å²) in [6, 6.07) is 13.4. The topological polar surface area (TPSA) is 9.23 Å². The molecule has 0 bridgehead atoms. The van der Waals surface area contributed by atoms with Crippen LogP contribution in [0.1, 0.15) is 112 Å². The molecule has 2 aromatic rings. The summed E-state index contributed by atoms with van der Waals surface area (Å²) in [4.78, 5) is 0. The monoisotopic (exact) mass is 366 g/mol. The van der Waals surface area contributed by atoms with Crippen molar-refractivity contribution in [2.24, 2.45) is 0 Å². The maximum absolute atomic E-state index is 6.26. The normalized spacial score (nSPS) is 12.0. The summed E-state index contributed by atoms with van der Waals surface area (Å²) in [5.41, 5.74) is 8.51. The molecular formula is C26H38O. The summed E-state index contributed by atoms with van der Waals surface area (Å²) in [6.07, 6.45) is 0. The minimum atomic E-state index is 0.512. The number of benzene rings is 2. The molecule has 0 aromatic heterocycles. The van der Waals surface area contributed by atoms with Gasteiger partial charge in [0.05, 0.1) is 13.2 Å². The Morgan fingerprint density at radius 3 is 1.22 bits per heavy atom. The molecule has 0 amide bonds. The Kier molecular flexibility index (Phi) is 7.68. The Morgan fingerprint density at radius 2 is 0.926 bits per heavy atom. The van der Waals surface area contributed by atoms with Crippen LogP contribution in [0.2, 0.25) is 0 Å². The van der Waals surface area contributed by atoms with Gasteiger partial charge in [0.15, 0.2) is 0 Å². The van der Waals surface area contributed by atoms with Crippen LogP contribution in [0, 0.1) is 0 Å². The predicted molar refractivity (Wildman–Crippen MR) is 118 cm³/mol. The molecule has 0 aliphatic heterocycles. The molecule has 27 heavy (non-hydrogen) atoms. The first-order valence-electron chi connectivity index (χ1n) is 10.5. The maximum atomic E-state index is 6.26. The Morgan fingerprint density at radius 1 is 0.556 bits per heavy atom. The molecule has 0 fully saturated rings. The van der Waals surface area contributed by atoms with E-state index in [1.54, 1.807) is 0 Å². The lowest BCUT2D eigenvalue weighted by atomic mass is 9.87. The van der Waals surface area contributed by atoms with Crippen molar-refractivity contribution in [3.05, 3.63) is 69.8 Å². The summed E-state index contributed by atoms with van der Waals surface area (Å²) >= 11 is 0. The Balaban J connectivity index is 2.23. The maximum Gasteiger partial charge on any atom is 0.0724 e. The average molecular weight is 367 g/mol. The molecule has 1 nitrogen and oxygen atoms in total. The zero-order chi connectivity index (χ0) is 20.1. The van der Waals surface area contributed by atoms with E-state index in [1.165, 1.54) is 33.4 Å². The summed E-state index contributed by atoms with van der Waals surface area (Å²) in [5.74, 6) is 2.10. The van der Waals surface area contributed by atoms with Crippen molar-refractivity contribution in [2.75, 3.05) is 0 Å². The third-order valence-corrected chi connectivity index (χ3v) is 5.37. The smallest absolute Gasteiger partial charge is 0.0724 e. The molecule has 0 N–H and O–H groups in total. The Hall–Kier alpha value is -1.60. The molecule has 1 heteroatoms. The SMILES string of the molecule is CC(C)c1cccc(COCc2cccc(C(C)C)c2C(C)C)c1C(C)C. The fourth-order valence-corrected chi connectivity index (χ4v) is 4.20. The van der Waals surface area contributed by atoms with Gasteiger partial charge in [-0.1, -0.05) is 91.8 Å². The van der Waals surface area contributed by atoms with Crippen LogP contribution in [0.15, 0.2) is 36.4 Å². The minimum absolute atomic E-state index is 0.512. The van der Waals surface area contributed by atoms with Crippen LogP contribution in [-0.4, -0.2) is 0 Å². The van der Waals surface area contributed by atoms with Gasteiger partial charge in [0, 0.05) is 0 Å². The first-order chi connectivity index (χ1) is 12.7. The number of hydrogen-bond donors (Lipinski definition) is 0. The van der Waals surface area contributed by atoms with Crippen molar-refractivity contribution in [1.29, 1.82) is 0 Å². The Labute approximate surface area is 167 Å². The molecule has 0 radical (unpaired) electrons. The van der Waals surface area contributed by atoms with E-state index in [0.717, 1.165) is 0 Å². The van der Waals surface area contributed by atoms with Crippen molar-refractivity contribution in [2.45, 2.75) is 92.3 Å². The van der Waals surface area contributed by atoms with E-state index in [2.05, 4.69) is 91.8 Å². The fraction of sp³-hybridized carbons (Fsp3) is 0.538. The lowest BCUT2D eigenvalue weighted by Crippen LogP contribution is -2.08. The van der Waals surface area contributed by atoms with E-state index in [1.807, 2.05) is 0 Å². The van der Waals surface area contributed by atoms with Crippen molar-refractivity contribution >= 4 is 0 Å². The molecule has 0 heterocycles. The standard InChI is InChI=1S/C26H38O/c1-17(2)23-13-9-11-21(25(23)19(5)6)15-27-16-22-12-10-14-24(18(3)4)26(22)20(7)8/h9-14,17-20H,15-16H2,1-8H3. The second-order valence-corrected chi connectivity index (χ2v) is 8.95. The summed E-state index contributed by atoms with van der Waals surface area (Å²) in [6.45, 7) is 19.6. The van der Waals surface area contributed by atoms with E-state index < -0.39 is 0 Å². The lowest BCUT2D eigenvalue weighted by molar-refractivity contribution is 0.105. The first-order valence-corrected chi connectivity index (χ1v) is 10.5. The fourth-order valence-electron chi connectivity index (χ4n) is 4.20. The van der Waals surface area contributed by atoms with Gasteiger partial charge in [-0.05, 0) is 57.1 Å². The van der Waals surface area contributed by atoms with Crippen LogP contribution in [0.3, 0.4) is 0 Å². The zero-order valence-electron chi connectivity index (χ0n) is 18.6. The van der Waals surface area contributed by atoms with Crippen molar-refractivity contribution in [3.8, 4) is 0 Å². The van der Waals surface area contributed by atoms with E-state index >= 15 is 0 Å². The van der Waals surface area contributed by atoms with Crippen LogP contribution in [0.4, 0.5) is 0 Å². The van der Waals surface area contributed by atoms with Crippen LogP contribution >= 0.6 is 0 Å². The van der Waals surface area contributed by atoms with E-state index in [4.69, 9.17) is 4.74 Å². The minimum Gasteiger partial charge on any atom is -0.372 e. The van der Waals surface area contributed by atoms with Crippen molar-refractivity contribution < 1.29 is 4.74 Å². The van der Waals surface area contributed by atoms with Gasteiger partial charge in [-0.25, -0.2) is 0 Å². The highest BCUT2D eigenvalue weighted by Crippen LogP contribution is 2.32. The molecule has 0 unspecified atom stereocenters. The second kappa shape index (κ2) is 9.55. The molecule has 0 aliphatic carbocycles. The van der Waals surface area contributed by atoms with Crippen LogP contribution in [-0.2, 0) is 18.0 Å². The van der Waals surface area contributed by atoms with Gasteiger partial charge < -0.3 is 4.74 Å². The Bertz CT molecular complexity index is 674. The number of rotatable bonds is 8. The highest BCUT2D eigenvalue weighted by atomic mass is 16.5. The quantitative estimate of drug-likeness (QED) is 0.461. The summed E-state index contributed by atoms with van der Waals surface area (Å²) < 4.78 is 6.26. The van der Waals surface area contributed by atoms with Crippen LogP contribution < -0.4 is 0 Å². The van der Waals surface area contributed by atoms with Crippen LogP contribution in [0.25, 0.3) is 0 Å². The molecule has 148 valence electrons. The number of hydrogen-bond acceptors (Lipinski definition) is 1. The lowest BCUT2D eigenvalue weighted by Gasteiger charge is -2.22. The van der Waals surface area contributed by atoms with E-state index in [-0.39, 0.29) is 0 Å². The van der Waals surface area contributed by atoms with Crippen molar-refractivity contribution in [3.63, 3.8) is 0 Å². The van der Waals surface area contributed by atoms with Gasteiger partial charge in [0.2, 0.25) is 0 Å². The third-order valence-electron chi connectivity index (χ3n) is 5.37. The molecule has 0 atom stereocenters. The van der Waals surface area contributed by atoms with Gasteiger partial charge in [0.1, 0.15) is 0 Å². The van der Waals surface area contributed by atoms with E-state index in [0.29, 0.717) is 36.9 Å². The highest BCUT2D eigenvalue weighted by molar-refractivity contribution is 5.40. The van der Waals surface area contributed by atoms with Gasteiger partial charge in [0.25, 0.3) is 0 Å². The van der Waals surface area contributed by atoms with Gasteiger partial charge in [-0.2, -0.15) is 0 Å². The second-order valence-electron chi connectivity index (χ2n) is 8.95. The van der Waals surface area contributed by atoms with Gasteiger partial charge >= 0.3 is 0 Å². The molecule has 2 aromatic carbocycles. The average Bonchev–Trinajstić information content (AvgIpc) is 2.60. The highest BCUT2D eigenvalue weighted by Gasteiger charge is 2.16. The van der Waals surface area contributed by atoms with Gasteiger partial charge in [-0.15, -0.1) is 0 Å². The summed E-state index contributed by atoms with van der Waals surface area (Å²) in [7, 11) is 0. The first kappa shape index (κ1) is 21.7. The molecule has 2 rings (SSSR count).